The number of carbonyl (C=O) groups is 1. The van der Waals surface area contributed by atoms with Gasteiger partial charge in [0, 0.05) is 29.2 Å². The van der Waals surface area contributed by atoms with Gasteiger partial charge >= 0.3 is 0 Å². The normalized spacial score (nSPS) is 12.9. The number of ketones is 1. The molecule has 0 fully saturated rings. The monoisotopic (exact) mass is 285 g/mol. The van der Waals surface area contributed by atoms with E-state index in [0.29, 0.717) is 11.4 Å². The lowest BCUT2D eigenvalue weighted by Crippen LogP contribution is -2.04. The summed E-state index contributed by atoms with van der Waals surface area (Å²) in [6.45, 7) is 2.95. The van der Waals surface area contributed by atoms with Crippen LogP contribution in [0.4, 0.5) is 5.69 Å². The Morgan fingerprint density at radius 2 is 2.10 bits per heavy atom. The first kappa shape index (κ1) is 13.2. The zero-order chi connectivity index (χ0) is 14.1. The second kappa shape index (κ2) is 5.29. The quantitative estimate of drug-likeness (QED) is 0.862. The highest BCUT2D eigenvalue weighted by atomic mass is 35.5. The minimum absolute atomic E-state index is 0.116. The number of rotatable bonds is 3. The molecule has 2 aromatic rings. The lowest BCUT2D eigenvalue weighted by molar-refractivity contribution is 0.0993. The lowest BCUT2D eigenvalue weighted by Gasteiger charge is -2.07. The number of carbonyl (C=O) groups excluding carboxylic acids is 1. The predicted molar refractivity (Wildman–Crippen MR) is 82.9 cm³/mol. The number of Topliss-reactive ketones (excluding diaryl/α,β-unsaturated/α-hetero) is 1. The number of halogens is 1. The molecule has 3 rings (SSSR count). The van der Waals surface area contributed by atoms with Crippen LogP contribution in [0.1, 0.15) is 27.0 Å². The molecule has 0 amide bonds. The minimum Gasteiger partial charge on any atom is -0.384 e. The van der Waals surface area contributed by atoms with Crippen LogP contribution < -0.4 is 5.32 Å². The molecule has 0 saturated heterocycles. The van der Waals surface area contributed by atoms with Crippen molar-refractivity contribution in [2.45, 2.75) is 19.8 Å². The fraction of sp³-hybridized carbons (Fsp3) is 0.235. The molecule has 2 aromatic carbocycles. The van der Waals surface area contributed by atoms with E-state index in [4.69, 9.17) is 11.6 Å². The van der Waals surface area contributed by atoms with Gasteiger partial charge in [-0.05, 0) is 54.3 Å². The first-order valence-electron chi connectivity index (χ1n) is 6.78. The van der Waals surface area contributed by atoms with Gasteiger partial charge in [0.2, 0.25) is 0 Å². The Morgan fingerprint density at radius 3 is 2.90 bits per heavy atom. The molecule has 0 bridgehead atoms. The van der Waals surface area contributed by atoms with Gasteiger partial charge in [0.05, 0.1) is 0 Å². The third-order valence-corrected chi connectivity index (χ3v) is 4.05. The summed E-state index contributed by atoms with van der Waals surface area (Å²) in [6, 6.07) is 11.7. The number of hydrogen-bond donors (Lipinski definition) is 1. The molecule has 2 nitrogen and oxygen atoms in total. The number of anilines is 1. The van der Waals surface area contributed by atoms with Crippen LogP contribution in [-0.2, 0) is 12.8 Å². The Morgan fingerprint density at radius 1 is 1.25 bits per heavy atom. The topological polar surface area (TPSA) is 29.1 Å². The van der Waals surface area contributed by atoms with Crippen molar-refractivity contribution in [2.24, 2.45) is 0 Å². The number of nitrogens with one attached hydrogen (secondary N) is 1. The van der Waals surface area contributed by atoms with Gasteiger partial charge < -0.3 is 5.32 Å². The second-order valence-electron chi connectivity index (χ2n) is 5.24. The van der Waals surface area contributed by atoms with Crippen LogP contribution in [0.2, 0.25) is 5.02 Å². The van der Waals surface area contributed by atoms with Gasteiger partial charge in [-0.1, -0.05) is 23.7 Å². The Balaban J connectivity index is 1.82. The minimum atomic E-state index is 0.116. The van der Waals surface area contributed by atoms with E-state index in [1.165, 1.54) is 5.56 Å². The molecular weight excluding hydrogens is 270 g/mol. The molecule has 0 aliphatic carbocycles. The summed E-state index contributed by atoms with van der Waals surface area (Å²) >= 11 is 6.19. The van der Waals surface area contributed by atoms with E-state index in [1.807, 2.05) is 43.3 Å². The SMILES string of the molecule is Cc1ccc(CC(=O)c2ccc3c(c2)CCN3)c(Cl)c1. The van der Waals surface area contributed by atoms with Crippen molar-refractivity contribution in [3.8, 4) is 0 Å². The van der Waals surface area contributed by atoms with Crippen molar-refractivity contribution in [1.29, 1.82) is 0 Å². The van der Waals surface area contributed by atoms with E-state index in [1.54, 1.807) is 0 Å². The van der Waals surface area contributed by atoms with E-state index >= 15 is 0 Å². The standard InChI is InChI=1S/C17H16ClNO/c1-11-2-3-12(15(18)8-11)10-17(20)14-4-5-16-13(9-14)6-7-19-16/h2-5,8-9,19H,6-7,10H2,1H3. The van der Waals surface area contributed by atoms with Gasteiger partial charge in [0.1, 0.15) is 0 Å². The van der Waals surface area contributed by atoms with Crippen LogP contribution in [0, 0.1) is 6.92 Å². The Hall–Kier alpha value is -1.80. The van der Waals surface area contributed by atoms with Crippen LogP contribution in [0.5, 0.6) is 0 Å². The maximum absolute atomic E-state index is 12.4. The molecule has 3 heteroatoms. The molecule has 1 heterocycles. The molecule has 102 valence electrons. The van der Waals surface area contributed by atoms with Crippen LogP contribution in [0.15, 0.2) is 36.4 Å². The molecule has 0 radical (unpaired) electrons. The van der Waals surface area contributed by atoms with Crippen molar-refractivity contribution in [1.82, 2.24) is 0 Å². The summed E-state index contributed by atoms with van der Waals surface area (Å²) < 4.78 is 0. The van der Waals surface area contributed by atoms with Gasteiger partial charge in [0.15, 0.2) is 5.78 Å². The van der Waals surface area contributed by atoms with Crippen molar-refractivity contribution in [2.75, 3.05) is 11.9 Å². The number of benzene rings is 2. The fourth-order valence-electron chi connectivity index (χ4n) is 2.55. The predicted octanol–water partition coefficient (Wildman–Crippen LogP) is 4.04. The average Bonchev–Trinajstić information content (AvgIpc) is 2.89. The van der Waals surface area contributed by atoms with E-state index in [-0.39, 0.29) is 5.78 Å². The fourth-order valence-corrected chi connectivity index (χ4v) is 2.85. The molecule has 0 unspecified atom stereocenters. The Labute approximate surface area is 123 Å². The molecule has 0 saturated carbocycles. The molecule has 1 N–H and O–H groups in total. The van der Waals surface area contributed by atoms with Crippen molar-refractivity contribution in [3.63, 3.8) is 0 Å². The highest BCUT2D eigenvalue weighted by Gasteiger charge is 2.14. The number of hydrogen-bond acceptors (Lipinski definition) is 2. The molecule has 1 aliphatic heterocycles. The van der Waals surface area contributed by atoms with E-state index in [0.717, 1.165) is 35.3 Å². The molecule has 20 heavy (non-hydrogen) atoms. The summed E-state index contributed by atoms with van der Waals surface area (Å²) in [7, 11) is 0. The van der Waals surface area contributed by atoms with Crippen LogP contribution >= 0.6 is 11.6 Å². The molecule has 0 atom stereocenters. The Kier molecular flexibility index (Phi) is 3.49. The number of fused-ring (bicyclic) bond motifs is 1. The smallest absolute Gasteiger partial charge is 0.167 e. The van der Waals surface area contributed by atoms with Crippen LogP contribution in [0.25, 0.3) is 0 Å². The van der Waals surface area contributed by atoms with Crippen molar-refractivity contribution < 1.29 is 4.79 Å². The summed E-state index contributed by atoms with van der Waals surface area (Å²) in [6.07, 6.45) is 1.34. The van der Waals surface area contributed by atoms with Gasteiger partial charge in [-0.25, -0.2) is 0 Å². The largest absolute Gasteiger partial charge is 0.384 e. The molecule has 1 aliphatic rings. The Bertz CT molecular complexity index is 679. The molecule has 0 spiro atoms. The van der Waals surface area contributed by atoms with Crippen molar-refractivity contribution in [3.05, 3.63) is 63.7 Å². The van der Waals surface area contributed by atoms with E-state index in [2.05, 4.69) is 5.32 Å². The number of aryl methyl sites for hydroxylation is 1. The summed E-state index contributed by atoms with van der Waals surface area (Å²) in [5.41, 5.74) is 5.14. The third-order valence-electron chi connectivity index (χ3n) is 3.70. The van der Waals surface area contributed by atoms with Gasteiger partial charge in [-0.3, -0.25) is 4.79 Å². The first-order chi connectivity index (χ1) is 9.63. The summed E-state index contributed by atoms with van der Waals surface area (Å²) in [5.74, 6) is 0.116. The molecular formula is C17H16ClNO. The summed E-state index contributed by atoms with van der Waals surface area (Å²) in [4.78, 5) is 12.4. The lowest BCUT2D eigenvalue weighted by atomic mass is 9.99. The van der Waals surface area contributed by atoms with Gasteiger partial charge in [-0.2, -0.15) is 0 Å². The van der Waals surface area contributed by atoms with E-state index < -0.39 is 0 Å². The van der Waals surface area contributed by atoms with Crippen LogP contribution in [-0.4, -0.2) is 12.3 Å². The zero-order valence-electron chi connectivity index (χ0n) is 11.4. The highest BCUT2D eigenvalue weighted by molar-refractivity contribution is 6.31. The summed E-state index contributed by atoms with van der Waals surface area (Å²) in [5, 5.41) is 3.97. The zero-order valence-corrected chi connectivity index (χ0v) is 12.1. The van der Waals surface area contributed by atoms with E-state index in [9.17, 15) is 4.79 Å². The van der Waals surface area contributed by atoms with Crippen molar-refractivity contribution >= 4 is 23.1 Å². The van der Waals surface area contributed by atoms with Gasteiger partial charge in [-0.15, -0.1) is 0 Å². The van der Waals surface area contributed by atoms with Gasteiger partial charge in [0.25, 0.3) is 0 Å². The highest BCUT2D eigenvalue weighted by Crippen LogP contribution is 2.25. The second-order valence-corrected chi connectivity index (χ2v) is 5.65. The first-order valence-corrected chi connectivity index (χ1v) is 7.16. The van der Waals surface area contributed by atoms with Crippen LogP contribution in [0.3, 0.4) is 0 Å². The molecule has 0 aromatic heterocycles. The third kappa shape index (κ3) is 2.56. The maximum atomic E-state index is 12.4. The average molecular weight is 286 g/mol. The maximum Gasteiger partial charge on any atom is 0.167 e.